The minimum atomic E-state index is -0.521. The fourth-order valence-corrected chi connectivity index (χ4v) is 3.34. The Morgan fingerprint density at radius 3 is 2.56 bits per heavy atom. The average Bonchev–Trinajstić information content (AvgIpc) is 2.85. The van der Waals surface area contributed by atoms with E-state index in [0.717, 1.165) is 5.56 Å². The largest absolute Gasteiger partial charge is 0.493 e. The van der Waals surface area contributed by atoms with Crippen LogP contribution in [0.2, 0.25) is 5.02 Å². The highest BCUT2D eigenvalue weighted by molar-refractivity contribution is 6.32. The van der Waals surface area contributed by atoms with Crippen molar-refractivity contribution in [1.82, 2.24) is 5.32 Å². The molecule has 3 aromatic carbocycles. The molecule has 0 saturated carbocycles. The van der Waals surface area contributed by atoms with Crippen LogP contribution in [0.25, 0.3) is 6.08 Å². The number of nitrogens with zero attached hydrogens (tertiary/aromatic N) is 2. The number of nitro groups is 1. The van der Waals surface area contributed by atoms with Crippen molar-refractivity contribution in [3.8, 4) is 17.6 Å². The van der Waals surface area contributed by atoms with Crippen molar-refractivity contribution in [3.63, 3.8) is 0 Å². The summed E-state index contributed by atoms with van der Waals surface area (Å²) in [4.78, 5) is 22.9. The van der Waals surface area contributed by atoms with E-state index < -0.39 is 10.8 Å². The molecule has 0 unspecified atom stereocenters. The van der Waals surface area contributed by atoms with E-state index in [1.54, 1.807) is 18.2 Å². The molecule has 34 heavy (non-hydrogen) atoms. The number of hydrogen-bond acceptors (Lipinski definition) is 6. The fourth-order valence-electron chi connectivity index (χ4n) is 3.07. The predicted octanol–water partition coefficient (Wildman–Crippen LogP) is 5.06. The highest BCUT2D eigenvalue weighted by Crippen LogP contribution is 2.37. The molecule has 8 nitrogen and oxygen atoms in total. The summed E-state index contributed by atoms with van der Waals surface area (Å²) >= 11 is 6.38. The minimum Gasteiger partial charge on any atom is -0.493 e. The van der Waals surface area contributed by atoms with E-state index in [4.69, 9.17) is 21.1 Å². The lowest BCUT2D eigenvalue weighted by Gasteiger charge is -2.13. The number of carbonyl (C=O) groups excluding carboxylic acids is 1. The van der Waals surface area contributed by atoms with Crippen LogP contribution < -0.4 is 14.8 Å². The number of rotatable bonds is 9. The Morgan fingerprint density at radius 1 is 1.15 bits per heavy atom. The topological polar surface area (TPSA) is 114 Å². The number of carbonyl (C=O) groups is 1. The van der Waals surface area contributed by atoms with Crippen LogP contribution in [-0.4, -0.2) is 17.9 Å². The van der Waals surface area contributed by atoms with Crippen LogP contribution in [0.1, 0.15) is 16.7 Å². The Kier molecular flexibility index (Phi) is 8.21. The molecule has 0 bridgehead atoms. The molecule has 0 radical (unpaired) electrons. The van der Waals surface area contributed by atoms with E-state index in [2.05, 4.69) is 5.32 Å². The molecule has 0 spiro atoms. The lowest BCUT2D eigenvalue weighted by molar-refractivity contribution is -0.384. The molecule has 172 valence electrons. The SMILES string of the molecule is COc1cc(/C=C(/C#N)C(=O)NCc2ccccc2)cc(Cl)c1OCc1cccc([N+](=O)[O-])c1. The van der Waals surface area contributed by atoms with Gasteiger partial charge in [-0.05, 0) is 34.9 Å². The van der Waals surface area contributed by atoms with Gasteiger partial charge in [-0.3, -0.25) is 14.9 Å². The maximum atomic E-state index is 12.5. The van der Waals surface area contributed by atoms with Gasteiger partial charge in [0, 0.05) is 18.7 Å². The number of halogens is 1. The Balaban J connectivity index is 1.76. The Morgan fingerprint density at radius 2 is 1.88 bits per heavy atom. The van der Waals surface area contributed by atoms with E-state index in [1.807, 2.05) is 36.4 Å². The summed E-state index contributed by atoms with van der Waals surface area (Å²) in [7, 11) is 1.43. The first-order chi connectivity index (χ1) is 16.4. The van der Waals surface area contributed by atoms with Crippen molar-refractivity contribution < 1.29 is 19.2 Å². The maximum absolute atomic E-state index is 12.5. The molecule has 3 aromatic rings. The smallest absolute Gasteiger partial charge is 0.269 e. The van der Waals surface area contributed by atoms with Gasteiger partial charge in [-0.1, -0.05) is 54.1 Å². The molecule has 1 N–H and O–H groups in total. The average molecular weight is 478 g/mol. The maximum Gasteiger partial charge on any atom is 0.269 e. The molecule has 0 fully saturated rings. The molecular weight excluding hydrogens is 458 g/mol. The van der Waals surface area contributed by atoms with Gasteiger partial charge in [0.15, 0.2) is 11.5 Å². The van der Waals surface area contributed by atoms with Crippen LogP contribution in [0.3, 0.4) is 0 Å². The first-order valence-electron chi connectivity index (χ1n) is 10.1. The van der Waals surface area contributed by atoms with E-state index >= 15 is 0 Å². The lowest BCUT2D eigenvalue weighted by atomic mass is 10.1. The zero-order valence-electron chi connectivity index (χ0n) is 18.2. The third-order valence-electron chi connectivity index (χ3n) is 4.73. The van der Waals surface area contributed by atoms with Gasteiger partial charge in [0.05, 0.1) is 17.1 Å². The summed E-state index contributed by atoms with van der Waals surface area (Å²) < 4.78 is 11.1. The van der Waals surface area contributed by atoms with Crippen molar-refractivity contribution in [2.24, 2.45) is 0 Å². The minimum absolute atomic E-state index is 0.0261. The van der Waals surface area contributed by atoms with Crippen LogP contribution >= 0.6 is 11.6 Å². The molecule has 3 rings (SSSR count). The highest BCUT2D eigenvalue weighted by Gasteiger charge is 2.15. The van der Waals surface area contributed by atoms with Crippen LogP contribution in [-0.2, 0) is 17.9 Å². The summed E-state index contributed by atoms with van der Waals surface area (Å²) in [6.45, 7) is 0.311. The van der Waals surface area contributed by atoms with Gasteiger partial charge < -0.3 is 14.8 Å². The van der Waals surface area contributed by atoms with Crippen molar-refractivity contribution in [3.05, 3.63) is 104 Å². The molecule has 0 aliphatic heterocycles. The number of non-ortho nitro benzene ring substituents is 1. The third kappa shape index (κ3) is 6.34. The lowest BCUT2D eigenvalue weighted by Crippen LogP contribution is -2.23. The van der Waals surface area contributed by atoms with Crippen LogP contribution in [0.4, 0.5) is 5.69 Å². The molecule has 0 aliphatic rings. The Labute approximate surface area is 201 Å². The summed E-state index contributed by atoms with van der Waals surface area (Å²) in [5.74, 6) is -0.00142. The summed E-state index contributed by atoms with van der Waals surface area (Å²) in [5.41, 5.74) is 1.81. The number of benzene rings is 3. The van der Waals surface area contributed by atoms with Gasteiger partial charge in [-0.2, -0.15) is 5.26 Å². The molecular formula is C25H20ClN3O5. The molecule has 0 aliphatic carbocycles. The van der Waals surface area contributed by atoms with E-state index in [0.29, 0.717) is 11.1 Å². The number of nitriles is 1. The summed E-state index contributed by atoms with van der Waals surface area (Å²) in [6, 6.07) is 20.4. The Bertz CT molecular complexity index is 1270. The standard InChI is InChI=1S/C25H20ClN3O5/c1-33-23-13-19(10-20(14-27)25(30)28-15-17-6-3-2-4-7-17)12-22(26)24(23)34-16-18-8-5-9-21(11-18)29(31)32/h2-13H,15-16H2,1H3,(H,28,30)/b20-10-. The zero-order chi connectivity index (χ0) is 24.5. The number of nitro benzene ring substituents is 1. The molecule has 0 atom stereocenters. The summed E-state index contributed by atoms with van der Waals surface area (Å²) in [5, 5.41) is 23.3. The molecule has 0 saturated heterocycles. The van der Waals surface area contributed by atoms with Crippen LogP contribution in [0.15, 0.2) is 72.3 Å². The number of ether oxygens (including phenoxy) is 2. The number of methoxy groups -OCH3 is 1. The van der Waals surface area contributed by atoms with Gasteiger partial charge in [0.1, 0.15) is 18.2 Å². The first-order valence-corrected chi connectivity index (χ1v) is 10.5. The zero-order valence-corrected chi connectivity index (χ0v) is 18.9. The fraction of sp³-hybridized carbons (Fsp3) is 0.120. The monoisotopic (exact) mass is 477 g/mol. The number of nitrogens with one attached hydrogen (secondary N) is 1. The van der Waals surface area contributed by atoms with Gasteiger partial charge in [-0.25, -0.2) is 0 Å². The van der Waals surface area contributed by atoms with E-state index in [9.17, 15) is 20.2 Å². The van der Waals surface area contributed by atoms with Crippen molar-refractivity contribution in [2.45, 2.75) is 13.2 Å². The van der Waals surface area contributed by atoms with Gasteiger partial charge in [0.25, 0.3) is 11.6 Å². The van der Waals surface area contributed by atoms with Gasteiger partial charge in [-0.15, -0.1) is 0 Å². The van der Waals surface area contributed by atoms with Crippen molar-refractivity contribution in [1.29, 1.82) is 5.26 Å². The van der Waals surface area contributed by atoms with E-state index in [-0.39, 0.29) is 40.9 Å². The number of hydrogen-bond donors (Lipinski definition) is 1. The van der Waals surface area contributed by atoms with Gasteiger partial charge >= 0.3 is 0 Å². The molecule has 0 aromatic heterocycles. The predicted molar refractivity (Wildman–Crippen MR) is 127 cm³/mol. The second-order valence-electron chi connectivity index (χ2n) is 7.09. The quantitative estimate of drug-likeness (QED) is 0.199. The Hall–Kier alpha value is -4.35. The van der Waals surface area contributed by atoms with Gasteiger partial charge in [0.2, 0.25) is 0 Å². The highest BCUT2D eigenvalue weighted by atomic mass is 35.5. The van der Waals surface area contributed by atoms with E-state index in [1.165, 1.54) is 31.4 Å². The second kappa shape index (κ2) is 11.5. The van der Waals surface area contributed by atoms with Crippen LogP contribution in [0.5, 0.6) is 11.5 Å². The van der Waals surface area contributed by atoms with Crippen molar-refractivity contribution in [2.75, 3.05) is 7.11 Å². The third-order valence-corrected chi connectivity index (χ3v) is 5.01. The van der Waals surface area contributed by atoms with Crippen molar-refractivity contribution >= 4 is 29.3 Å². The number of amides is 1. The molecule has 1 amide bonds. The summed E-state index contributed by atoms with van der Waals surface area (Å²) in [6.07, 6.45) is 1.40. The first kappa shape index (κ1) is 24.3. The van der Waals surface area contributed by atoms with Crippen LogP contribution in [0, 0.1) is 21.4 Å². The molecule has 0 heterocycles. The molecule has 9 heteroatoms. The normalized spacial score (nSPS) is 10.8. The second-order valence-corrected chi connectivity index (χ2v) is 7.50.